The van der Waals surface area contributed by atoms with Crippen LogP contribution in [0.4, 0.5) is 0 Å². The molecule has 0 saturated carbocycles. The van der Waals surface area contributed by atoms with E-state index in [2.05, 4.69) is 9.71 Å². The summed E-state index contributed by atoms with van der Waals surface area (Å²) in [4.78, 5) is 3.75. The lowest BCUT2D eigenvalue weighted by Crippen LogP contribution is -2.36. The molecule has 1 aromatic carbocycles. The van der Waals surface area contributed by atoms with E-state index in [4.69, 9.17) is 11.6 Å². The van der Waals surface area contributed by atoms with Crippen molar-refractivity contribution in [2.45, 2.75) is 23.5 Å². The Morgan fingerprint density at radius 1 is 1.30 bits per heavy atom. The highest BCUT2D eigenvalue weighted by molar-refractivity contribution is 7.91. The van der Waals surface area contributed by atoms with Crippen molar-refractivity contribution in [1.29, 1.82) is 0 Å². The standard InChI is InChI=1S/C13H15ClN2O2S2/c1-13(2,10-6-4-3-5-7-10)9-16-20(17,18)11-8-15-12(14)19-11/h3-8,16H,9H2,1-2H3. The maximum atomic E-state index is 12.1. The molecule has 0 bridgehead atoms. The summed E-state index contributed by atoms with van der Waals surface area (Å²) >= 11 is 6.61. The van der Waals surface area contributed by atoms with Crippen LogP contribution in [-0.2, 0) is 15.4 Å². The van der Waals surface area contributed by atoms with Crippen LogP contribution >= 0.6 is 22.9 Å². The molecule has 1 N–H and O–H groups in total. The Kier molecular flexibility index (Phi) is 4.49. The lowest BCUT2D eigenvalue weighted by Gasteiger charge is -2.25. The predicted molar refractivity (Wildman–Crippen MR) is 81.8 cm³/mol. The van der Waals surface area contributed by atoms with Gasteiger partial charge < -0.3 is 0 Å². The van der Waals surface area contributed by atoms with Crippen molar-refractivity contribution in [1.82, 2.24) is 9.71 Å². The van der Waals surface area contributed by atoms with E-state index in [1.165, 1.54) is 6.20 Å². The van der Waals surface area contributed by atoms with Gasteiger partial charge in [-0.2, -0.15) is 0 Å². The second-order valence-electron chi connectivity index (χ2n) is 5.01. The molecule has 0 saturated heterocycles. The van der Waals surface area contributed by atoms with E-state index in [0.29, 0.717) is 6.54 Å². The molecule has 7 heteroatoms. The van der Waals surface area contributed by atoms with Crippen molar-refractivity contribution >= 4 is 33.0 Å². The number of sulfonamides is 1. The zero-order valence-electron chi connectivity index (χ0n) is 11.1. The number of hydrogen-bond donors (Lipinski definition) is 1. The van der Waals surface area contributed by atoms with Crippen molar-refractivity contribution in [3.05, 3.63) is 46.6 Å². The van der Waals surface area contributed by atoms with Gasteiger partial charge in [-0.25, -0.2) is 18.1 Å². The molecule has 0 fully saturated rings. The van der Waals surface area contributed by atoms with Gasteiger partial charge in [0, 0.05) is 12.0 Å². The first-order valence-electron chi connectivity index (χ1n) is 5.98. The molecular weight excluding hydrogens is 316 g/mol. The average Bonchev–Trinajstić information content (AvgIpc) is 2.85. The Hall–Kier alpha value is -0.950. The number of hydrogen-bond acceptors (Lipinski definition) is 4. The third-order valence-corrected chi connectivity index (χ3v) is 5.96. The quantitative estimate of drug-likeness (QED) is 0.916. The molecule has 0 unspecified atom stereocenters. The molecule has 20 heavy (non-hydrogen) atoms. The molecule has 4 nitrogen and oxygen atoms in total. The number of nitrogens with zero attached hydrogens (tertiary/aromatic N) is 1. The lowest BCUT2D eigenvalue weighted by molar-refractivity contribution is 0.502. The summed E-state index contributed by atoms with van der Waals surface area (Å²) in [5.74, 6) is 0. The van der Waals surface area contributed by atoms with Gasteiger partial charge in [-0.3, -0.25) is 0 Å². The van der Waals surface area contributed by atoms with Crippen molar-refractivity contribution in [3.8, 4) is 0 Å². The Morgan fingerprint density at radius 3 is 2.50 bits per heavy atom. The average molecular weight is 331 g/mol. The number of benzene rings is 1. The molecule has 0 aliphatic rings. The minimum Gasteiger partial charge on any atom is -0.232 e. The van der Waals surface area contributed by atoms with Gasteiger partial charge in [-0.1, -0.05) is 67.1 Å². The van der Waals surface area contributed by atoms with Crippen LogP contribution in [0.2, 0.25) is 4.47 Å². The smallest absolute Gasteiger partial charge is 0.232 e. The molecule has 1 heterocycles. The fourth-order valence-electron chi connectivity index (χ4n) is 1.70. The first kappa shape index (κ1) is 15.4. The second-order valence-corrected chi connectivity index (χ2v) is 8.61. The SMILES string of the molecule is CC(C)(CNS(=O)(=O)c1cnc(Cl)s1)c1ccccc1. The van der Waals surface area contributed by atoms with E-state index in [9.17, 15) is 8.42 Å². The Balaban J connectivity index is 2.12. The summed E-state index contributed by atoms with van der Waals surface area (Å²) in [5, 5.41) is 0. The van der Waals surface area contributed by atoms with Crippen LogP contribution in [0.25, 0.3) is 0 Å². The van der Waals surface area contributed by atoms with E-state index in [1.54, 1.807) is 0 Å². The molecule has 0 spiro atoms. The van der Waals surface area contributed by atoms with E-state index >= 15 is 0 Å². The van der Waals surface area contributed by atoms with E-state index in [-0.39, 0.29) is 14.1 Å². The molecular formula is C13H15ClN2O2S2. The molecule has 2 rings (SSSR count). The van der Waals surface area contributed by atoms with E-state index < -0.39 is 10.0 Å². The monoisotopic (exact) mass is 330 g/mol. The van der Waals surface area contributed by atoms with Gasteiger partial charge in [-0.05, 0) is 5.56 Å². The third-order valence-electron chi connectivity index (χ3n) is 2.98. The van der Waals surface area contributed by atoms with Gasteiger partial charge in [0.25, 0.3) is 10.0 Å². The van der Waals surface area contributed by atoms with Crippen LogP contribution in [0.3, 0.4) is 0 Å². The summed E-state index contributed by atoms with van der Waals surface area (Å²) in [6.45, 7) is 4.28. The van der Waals surface area contributed by atoms with Gasteiger partial charge >= 0.3 is 0 Å². The predicted octanol–water partition coefficient (Wildman–Crippen LogP) is 3.05. The molecule has 0 radical (unpaired) electrons. The minimum absolute atomic E-state index is 0.131. The normalized spacial score (nSPS) is 12.6. The molecule has 0 aliphatic carbocycles. The van der Waals surface area contributed by atoms with Crippen molar-refractivity contribution in [2.24, 2.45) is 0 Å². The highest BCUT2D eigenvalue weighted by Gasteiger charge is 2.25. The van der Waals surface area contributed by atoms with Crippen LogP contribution in [0.5, 0.6) is 0 Å². The minimum atomic E-state index is -3.56. The third kappa shape index (κ3) is 3.58. The first-order valence-corrected chi connectivity index (χ1v) is 8.65. The van der Waals surface area contributed by atoms with Crippen LogP contribution in [0, 0.1) is 0 Å². The Morgan fingerprint density at radius 2 is 1.95 bits per heavy atom. The number of aromatic nitrogens is 1. The Bertz CT molecular complexity index is 681. The first-order chi connectivity index (χ1) is 9.31. The van der Waals surface area contributed by atoms with Gasteiger partial charge in [-0.15, -0.1) is 0 Å². The maximum absolute atomic E-state index is 12.1. The zero-order chi connectivity index (χ0) is 14.8. The van der Waals surface area contributed by atoms with E-state index in [0.717, 1.165) is 16.9 Å². The van der Waals surface area contributed by atoms with Gasteiger partial charge in [0.1, 0.15) is 0 Å². The molecule has 2 aromatic rings. The Labute approximate surface area is 127 Å². The van der Waals surface area contributed by atoms with Gasteiger partial charge in [0.2, 0.25) is 0 Å². The number of thiazole rings is 1. The van der Waals surface area contributed by atoms with Crippen molar-refractivity contribution in [3.63, 3.8) is 0 Å². The summed E-state index contributed by atoms with van der Waals surface area (Å²) in [6, 6.07) is 9.78. The second kappa shape index (κ2) is 5.81. The summed E-state index contributed by atoms with van der Waals surface area (Å²) in [7, 11) is -3.56. The number of nitrogens with one attached hydrogen (secondary N) is 1. The van der Waals surface area contributed by atoms with Crippen molar-refractivity contribution in [2.75, 3.05) is 6.54 Å². The van der Waals surface area contributed by atoms with Crippen LogP contribution in [0.15, 0.2) is 40.7 Å². The van der Waals surface area contributed by atoms with Gasteiger partial charge in [0.15, 0.2) is 8.68 Å². The largest absolute Gasteiger partial charge is 0.251 e. The molecule has 0 atom stereocenters. The molecule has 108 valence electrons. The van der Waals surface area contributed by atoms with Crippen molar-refractivity contribution < 1.29 is 8.42 Å². The lowest BCUT2D eigenvalue weighted by atomic mass is 9.85. The van der Waals surface area contributed by atoms with Gasteiger partial charge in [0.05, 0.1) is 6.20 Å². The fourth-order valence-corrected chi connectivity index (χ4v) is 4.25. The highest BCUT2D eigenvalue weighted by Crippen LogP contribution is 2.25. The highest BCUT2D eigenvalue weighted by atomic mass is 35.5. The van der Waals surface area contributed by atoms with Crippen LogP contribution < -0.4 is 4.72 Å². The zero-order valence-corrected chi connectivity index (χ0v) is 13.5. The summed E-state index contributed by atoms with van der Waals surface area (Å²) < 4.78 is 27.2. The number of rotatable bonds is 5. The fraction of sp³-hybridized carbons (Fsp3) is 0.308. The summed E-state index contributed by atoms with van der Waals surface area (Å²) in [6.07, 6.45) is 1.27. The van der Waals surface area contributed by atoms with E-state index in [1.807, 2.05) is 44.2 Å². The number of halogens is 1. The van der Waals surface area contributed by atoms with Crippen LogP contribution in [-0.4, -0.2) is 19.9 Å². The summed E-state index contributed by atoms with van der Waals surface area (Å²) in [5.41, 5.74) is 0.771. The maximum Gasteiger partial charge on any atom is 0.251 e. The molecule has 1 aromatic heterocycles. The topological polar surface area (TPSA) is 59.1 Å². The molecule has 0 aliphatic heterocycles. The molecule has 0 amide bonds. The van der Waals surface area contributed by atoms with Crippen LogP contribution in [0.1, 0.15) is 19.4 Å².